The van der Waals surface area contributed by atoms with Crippen molar-refractivity contribution in [2.45, 2.75) is 6.18 Å². The van der Waals surface area contributed by atoms with Crippen molar-refractivity contribution < 1.29 is 27.1 Å². The number of ether oxygens (including phenoxy) is 1. The van der Waals surface area contributed by atoms with Gasteiger partial charge in [0.05, 0.1) is 11.1 Å². The first-order valence-electron chi connectivity index (χ1n) is 6.76. The van der Waals surface area contributed by atoms with Crippen LogP contribution in [0.5, 0.6) is 5.75 Å². The molecule has 0 aliphatic heterocycles. The molecular weight excluding hydrogens is 325 g/mol. The molecule has 2 aromatic carbocycles. The van der Waals surface area contributed by atoms with E-state index < -0.39 is 23.3 Å². The van der Waals surface area contributed by atoms with Crippen molar-refractivity contribution in [3.8, 4) is 5.75 Å². The van der Waals surface area contributed by atoms with Gasteiger partial charge in [0, 0.05) is 11.5 Å². The molecule has 0 N–H and O–H groups in total. The summed E-state index contributed by atoms with van der Waals surface area (Å²) in [6.45, 7) is 0. The van der Waals surface area contributed by atoms with E-state index in [0.717, 1.165) is 24.3 Å². The molecule has 3 rings (SSSR count). The van der Waals surface area contributed by atoms with Crippen molar-refractivity contribution in [3.05, 3.63) is 76.1 Å². The molecule has 0 fully saturated rings. The minimum Gasteiger partial charge on any atom is -0.423 e. The summed E-state index contributed by atoms with van der Waals surface area (Å²) < 4.78 is 47.6. The van der Waals surface area contributed by atoms with Gasteiger partial charge in [-0.1, -0.05) is 0 Å². The lowest BCUT2D eigenvalue weighted by Gasteiger charge is -2.08. The van der Waals surface area contributed by atoms with Crippen LogP contribution in [0.3, 0.4) is 0 Å². The average Bonchev–Trinajstić information content (AvgIpc) is 2.54. The van der Waals surface area contributed by atoms with Gasteiger partial charge in [0.2, 0.25) is 0 Å². The van der Waals surface area contributed by atoms with Gasteiger partial charge in [-0.2, -0.15) is 13.2 Å². The quantitative estimate of drug-likeness (QED) is 0.403. The van der Waals surface area contributed by atoms with E-state index in [0.29, 0.717) is 11.0 Å². The fraction of sp³-hybridized carbons (Fsp3) is 0.0588. The Kier molecular flexibility index (Phi) is 3.84. The molecule has 0 radical (unpaired) electrons. The van der Waals surface area contributed by atoms with Crippen molar-refractivity contribution >= 4 is 16.9 Å². The molecule has 0 unspecified atom stereocenters. The minimum absolute atomic E-state index is 0.0114. The van der Waals surface area contributed by atoms with Gasteiger partial charge in [-0.15, -0.1) is 0 Å². The summed E-state index contributed by atoms with van der Waals surface area (Å²) in [5.74, 6) is -0.610. The molecule has 0 spiro atoms. The summed E-state index contributed by atoms with van der Waals surface area (Å²) in [5, 5.41) is 0.548. The first-order chi connectivity index (χ1) is 11.3. The van der Waals surface area contributed by atoms with Gasteiger partial charge in [0.1, 0.15) is 11.3 Å². The molecule has 0 aliphatic carbocycles. The highest BCUT2D eigenvalue weighted by Crippen LogP contribution is 2.29. The van der Waals surface area contributed by atoms with Gasteiger partial charge in [0.25, 0.3) is 0 Å². The van der Waals surface area contributed by atoms with Crippen molar-refractivity contribution in [2.75, 3.05) is 0 Å². The molecule has 0 amide bonds. The zero-order valence-electron chi connectivity index (χ0n) is 12.0. The number of carbonyl (C=O) groups excluding carboxylic acids is 1. The molecule has 4 nitrogen and oxygen atoms in total. The topological polar surface area (TPSA) is 56.5 Å². The van der Waals surface area contributed by atoms with Crippen LogP contribution in [0, 0.1) is 0 Å². The SMILES string of the molecule is O=C(Oc1ccc2oc(=O)ccc2c1)c1ccc(C(F)(F)F)cc1. The van der Waals surface area contributed by atoms with Crippen LogP contribution in [0.25, 0.3) is 11.0 Å². The Morgan fingerprint density at radius 2 is 1.67 bits per heavy atom. The Labute approximate surface area is 133 Å². The van der Waals surface area contributed by atoms with Crippen LogP contribution in [-0.2, 0) is 6.18 Å². The van der Waals surface area contributed by atoms with Crippen molar-refractivity contribution in [1.29, 1.82) is 0 Å². The molecule has 1 heterocycles. The second kappa shape index (κ2) is 5.84. The zero-order valence-corrected chi connectivity index (χ0v) is 12.0. The normalized spacial score (nSPS) is 11.5. The van der Waals surface area contributed by atoms with Crippen LogP contribution < -0.4 is 10.4 Å². The first kappa shape index (κ1) is 15.8. The molecule has 7 heteroatoms. The summed E-state index contributed by atoms with van der Waals surface area (Å²) in [4.78, 5) is 23.1. The van der Waals surface area contributed by atoms with E-state index >= 15 is 0 Å². The maximum atomic E-state index is 12.5. The van der Waals surface area contributed by atoms with Crippen LogP contribution in [0.4, 0.5) is 13.2 Å². The van der Waals surface area contributed by atoms with E-state index in [4.69, 9.17) is 9.15 Å². The maximum absolute atomic E-state index is 12.5. The van der Waals surface area contributed by atoms with Crippen molar-refractivity contribution in [2.24, 2.45) is 0 Å². The summed E-state index contributed by atoms with van der Waals surface area (Å²) in [6, 6.07) is 10.8. The van der Waals surface area contributed by atoms with Crippen molar-refractivity contribution in [1.82, 2.24) is 0 Å². The van der Waals surface area contributed by atoms with Gasteiger partial charge in [0.15, 0.2) is 0 Å². The molecule has 3 aromatic rings. The largest absolute Gasteiger partial charge is 0.423 e. The van der Waals surface area contributed by atoms with E-state index in [1.54, 1.807) is 0 Å². The second-order valence-electron chi connectivity index (χ2n) is 4.92. The highest BCUT2D eigenvalue weighted by atomic mass is 19.4. The predicted octanol–water partition coefficient (Wildman–Crippen LogP) is 4.03. The van der Waals surface area contributed by atoms with E-state index in [2.05, 4.69) is 0 Å². The molecule has 0 saturated carbocycles. The van der Waals surface area contributed by atoms with Crippen LogP contribution in [0.15, 0.2) is 63.8 Å². The summed E-state index contributed by atoms with van der Waals surface area (Å²) >= 11 is 0. The van der Waals surface area contributed by atoms with Crippen LogP contribution in [0.2, 0.25) is 0 Å². The monoisotopic (exact) mass is 334 g/mol. The average molecular weight is 334 g/mol. The number of carbonyl (C=O) groups is 1. The van der Waals surface area contributed by atoms with E-state index in [9.17, 15) is 22.8 Å². The lowest BCUT2D eigenvalue weighted by atomic mass is 10.1. The number of halogens is 3. The molecule has 24 heavy (non-hydrogen) atoms. The van der Waals surface area contributed by atoms with Gasteiger partial charge in [-0.25, -0.2) is 9.59 Å². The first-order valence-corrected chi connectivity index (χ1v) is 6.76. The number of rotatable bonds is 2. The number of alkyl halides is 3. The van der Waals surface area contributed by atoms with Gasteiger partial charge in [-0.3, -0.25) is 0 Å². The third-order valence-electron chi connectivity index (χ3n) is 3.25. The smallest absolute Gasteiger partial charge is 0.416 e. The molecule has 1 aromatic heterocycles. The molecule has 0 atom stereocenters. The van der Waals surface area contributed by atoms with Crippen molar-refractivity contribution in [3.63, 3.8) is 0 Å². The number of fused-ring (bicyclic) bond motifs is 1. The Balaban J connectivity index is 1.81. The lowest BCUT2D eigenvalue weighted by Crippen LogP contribution is -2.10. The molecule has 0 bridgehead atoms. The standard InChI is InChI=1S/C17H9F3O4/c18-17(19,20)12-4-1-10(2-5-12)16(22)23-13-6-7-14-11(9-13)3-8-15(21)24-14/h1-9H. The third-order valence-corrected chi connectivity index (χ3v) is 3.25. The van der Waals surface area contributed by atoms with Gasteiger partial charge in [-0.05, 0) is 48.5 Å². The highest BCUT2D eigenvalue weighted by Gasteiger charge is 2.30. The summed E-state index contributed by atoms with van der Waals surface area (Å²) in [7, 11) is 0. The van der Waals surface area contributed by atoms with Gasteiger partial charge >= 0.3 is 17.8 Å². The fourth-order valence-corrected chi connectivity index (χ4v) is 2.07. The minimum atomic E-state index is -4.47. The molecular formula is C17H9F3O4. The number of benzene rings is 2. The molecule has 122 valence electrons. The summed E-state index contributed by atoms with van der Waals surface area (Å²) in [5.41, 5.74) is -1.03. The number of hydrogen-bond acceptors (Lipinski definition) is 4. The van der Waals surface area contributed by atoms with E-state index in [1.807, 2.05) is 0 Å². The Hall–Kier alpha value is -3.09. The maximum Gasteiger partial charge on any atom is 0.416 e. The Morgan fingerprint density at radius 3 is 2.33 bits per heavy atom. The van der Waals surface area contributed by atoms with Gasteiger partial charge < -0.3 is 9.15 Å². The van der Waals surface area contributed by atoms with E-state index in [1.165, 1.54) is 30.3 Å². The summed E-state index contributed by atoms with van der Waals surface area (Å²) in [6.07, 6.45) is -4.47. The zero-order chi connectivity index (χ0) is 17.3. The third kappa shape index (κ3) is 3.29. The van der Waals surface area contributed by atoms with E-state index in [-0.39, 0.29) is 11.3 Å². The molecule has 0 aliphatic rings. The second-order valence-corrected chi connectivity index (χ2v) is 4.92. The molecule has 0 saturated heterocycles. The predicted molar refractivity (Wildman–Crippen MR) is 78.9 cm³/mol. The lowest BCUT2D eigenvalue weighted by molar-refractivity contribution is -0.137. The Bertz CT molecular complexity index is 956. The highest BCUT2D eigenvalue weighted by molar-refractivity contribution is 5.91. The van der Waals surface area contributed by atoms with Crippen LogP contribution >= 0.6 is 0 Å². The fourth-order valence-electron chi connectivity index (χ4n) is 2.07. The van der Waals surface area contributed by atoms with Crippen LogP contribution in [0.1, 0.15) is 15.9 Å². The number of esters is 1. The Morgan fingerprint density at radius 1 is 0.958 bits per heavy atom. The number of hydrogen-bond donors (Lipinski definition) is 0. The van der Waals surface area contributed by atoms with Crippen LogP contribution in [-0.4, -0.2) is 5.97 Å².